The molecule has 0 radical (unpaired) electrons. The van der Waals surface area contributed by atoms with E-state index >= 15 is 0 Å². The first-order valence-electron chi connectivity index (χ1n) is 2.80. The van der Waals surface area contributed by atoms with Gasteiger partial charge in [0.05, 0.1) is 0 Å². The van der Waals surface area contributed by atoms with Crippen LogP contribution in [0.3, 0.4) is 0 Å². The van der Waals surface area contributed by atoms with Crippen LogP contribution >= 0.6 is 0 Å². The zero-order valence-corrected chi connectivity index (χ0v) is 8.98. The fraction of sp³-hybridized carbons (Fsp3) is 0.833. The molecular weight excluding hydrogens is 269 g/mol. The molecule has 0 aliphatic heterocycles. The third kappa shape index (κ3) is 9.74. The fourth-order valence-corrected chi connectivity index (χ4v) is 0.250. The molecule has 0 aliphatic carbocycles. The summed E-state index contributed by atoms with van der Waals surface area (Å²) in [5.74, 6) is 1.59. The van der Waals surface area contributed by atoms with Crippen LogP contribution < -0.4 is 0 Å². The predicted molar refractivity (Wildman–Crippen MR) is 30.2 cm³/mol. The first-order chi connectivity index (χ1) is 3.81. The van der Waals surface area contributed by atoms with E-state index in [4.69, 9.17) is 3.25 Å². The second-order valence-corrected chi connectivity index (χ2v) is 1.66. The number of hydrogen-bond acceptors (Lipinski definition) is 1. The molecule has 1 nitrogen and oxygen atoms in total. The molecule has 0 unspecified atom stereocenters. The van der Waals surface area contributed by atoms with Crippen molar-refractivity contribution in [1.82, 2.24) is 0 Å². The molecular formula is C6H13OTa-. The molecule has 49 valence electrons. The van der Waals surface area contributed by atoms with Gasteiger partial charge in [0.15, 0.2) is 0 Å². The molecule has 0 atom stereocenters. The summed E-state index contributed by atoms with van der Waals surface area (Å²) in [6.45, 7) is 6.58. The van der Waals surface area contributed by atoms with Crippen molar-refractivity contribution in [3.8, 4) is 0 Å². The Labute approximate surface area is 64.1 Å². The topological polar surface area (TPSA) is 17.1 Å². The van der Waals surface area contributed by atoms with E-state index in [2.05, 4.69) is 20.8 Å². The van der Waals surface area contributed by atoms with Crippen molar-refractivity contribution in [3.63, 3.8) is 0 Å². The first kappa shape index (κ1) is 11.4. The predicted octanol–water partition coefficient (Wildman–Crippen LogP) is 2.28. The van der Waals surface area contributed by atoms with Crippen LogP contribution in [-0.2, 0) is 24.3 Å². The van der Waals surface area contributed by atoms with Gasteiger partial charge in [0.2, 0.25) is 0 Å². The maximum absolute atomic E-state index is 8.36. The van der Waals surface area contributed by atoms with Crippen molar-refractivity contribution in [2.24, 2.45) is 0 Å². The molecule has 0 amide bonds. The molecule has 0 saturated carbocycles. The fourth-order valence-electron chi connectivity index (χ4n) is 0.250. The monoisotopic (exact) mass is 282 g/mol. The van der Waals surface area contributed by atoms with Gasteiger partial charge in [0, 0.05) is 0 Å². The quantitative estimate of drug-likeness (QED) is 0.710. The second-order valence-electron chi connectivity index (χ2n) is 1.66. The summed E-state index contributed by atoms with van der Waals surface area (Å²) >= 11 is 0.194. The Morgan fingerprint density at radius 3 is 1.50 bits per heavy atom. The van der Waals surface area contributed by atoms with Crippen molar-refractivity contribution >= 4 is 0 Å². The van der Waals surface area contributed by atoms with Crippen molar-refractivity contribution < 1.29 is 24.3 Å². The maximum atomic E-state index is 8.36. The van der Waals surface area contributed by atoms with E-state index in [-0.39, 0.29) is 21.0 Å². The third-order valence-electron chi connectivity index (χ3n) is 1.21. The van der Waals surface area contributed by atoms with Crippen LogP contribution in [0.25, 0.3) is 0 Å². The van der Waals surface area contributed by atoms with Crippen LogP contribution in [0.2, 0.25) is 0 Å². The van der Waals surface area contributed by atoms with Gasteiger partial charge in [-0.1, -0.05) is 13.8 Å². The summed E-state index contributed by atoms with van der Waals surface area (Å²) in [4.78, 5) is 0. The van der Waals surface area contributed by atoms with Crippen LogP contribution in [0.15, 0.2) is 0 Å². The Balaban J connectivity index is 0. The first-order valence-corrected chi connectivity index (χ1v) is 4.12. The molecule has 0 spiro atoms. The normalized spacial score (nSPS) is 7.88. The number of rotatable bonds is 2. The second kappa shape index (κ2) is 10.5. The van der Waals surface area contributed by atoms with E-state index in [1.807, 2.05) is 0 Å². The molecule has 0 aliphatic rings. The van der Waals surface area contributed by atoms with Crippen LogP contribution in [0.5, 0.6) is 0 Å². The molecule has 8 heavy (non-hydrogen) atoms. The number of hydrogen-bond donors (Lipinski definition) is 0. The third-order valence-corrected chi connectivity index (χ3v) is 1.21. The van der Waals surface area contributed by atoms with Gasteiger partial charge in [0.1, 0.15) is 0 Å². The van der Waals surface area contributed by atoms with E-state index in [0.717, 1.165) is 0 Å². The summed E-state index contributed by atoms with van der Waals surface area (Å²) in [5, 5.41) is 0. The van der Waals surface area contributed by atoms with E-state index in [1.165, 1.54) is 12.8 Å². The molecule has 0 heterocycles. The molecule has 0 N–H and O–H groups in total. The van der Waals surface area contributed by atoms with Gasteiger partial charge in [-0.3, -0.25) is 0 Å². The molecule has 2 heteroatoms. The van der Waals surface area contributed by atoms with Crippen LogP contribution in [0.4, 0.5) is 0 Å². The summed E-state index contributed by atoms with van der Waals surface area (Å²) in [7, 11) is 0. The molecule has 0 aromatic rings. The standard InChI is InChI=1S/C6H13.O.Ta/c1-4-6(3)5-2;;/h4-5H2,1-3H3;;/q-1;;. The van der Waals surface area contributed by atoms with Gasteiger partial charge in [-0.15, -0.1) is 0 Å². The van der Waals surface area contributed by atoms with Gasteiger partial charge in [-0.2, -0.15) is 19.8 Å². The Hall–Kier alpha value is 0.540. The zero-order chi connectivity index (χ0) is 6.99. The van der Waals surface area contributed by atoms with Crippen LogP contribution in [-0.4, -0.2) is 0 Å². The van der Waals surface area contributed by atoms with Gasteiger partial charge in [0.25, 0.3) is 0 Å². The van der Waals surface area contributed by atoms with Crippen LogP contribution in [0, 0.1) is 5.92 Å². The summed E-state index contributed by atoms with van der Waals surface area (Å²) < 4.78 is 8.36. The average molecular weight is 282 g/mol. The summed E-state index contributed by atoms with van der Waals surface area (Å²) in [5.41, 5.74) is 0. The summed E-state index contributed by atoms with van der Waals surface area (Å²) in [6.07, 6.45) is 2.49. The van der Waals surface area contributed by atoms with Crippen molar-refractivity contribution in [3.05, 3.63) is 5.92 Å². The van der Waals surface area contributed by atoms with E-state index in [9.17, 15) is 0 Å². The molecule has 0 aromatic carbocycles. The zero-order valence-electron chi connectivity index (χ0n) is 5.77. The summed E-state index contributed by atoms with van der Waals surface area (Å²) in [6, 6.07) is 0. The Kier molecular flexibility index (Phi) is 14.9. The Morgan fingerprint density at radius 1 is 1.25 bits per heavy atom. The molecule has 0 aromatic heterocycles. The van der Waals surface area contributed by atoms with Gasteiger partial charge in [-0.05, 0) is 0 Å². The SMILES string of the molecule is CC[C-](C)CC.[O]=[Ta]. The molecule has 0 rings (SSSR count). The van der Waals surface area contributed by atoms with Crippen LogP contribution in [0.1, 0.15) is 33.6 Å². The average Bonchev–Trinajstić information content (AvgIpc) is 1.91. The molecule has 0 fully saturated rings. The molecule has 0 bridgehead atoms. The molecule has 0 saturated heterocycles. The van der Waals surface area contributed by atoms with E-state index < -0.39 is 0 Å². The van der Waals surface area contributed by atoms with E-state index in [0.29, 0.717) is 0 Å². The van der Waals surface area contributed by atoms with Gasteiger partial charge in [-0.25, -0.2) is 0 Å². The minimum absolute atomic E-state index is 0.194. The van der Waals surface area contributed by atoms with E-state index in [1.54, 1.807) is 5.92 Å². The van der Waals surface area contributed by atoms with Crippen molar-refractivity contribution in [2.45, 2.75) is 33.6 Å². The van der Waals surface area contributed by atoms with Gasteiger partial charge < -0.3 is 5.92 Å². The Bertz CT molecular complexity index is 35.5. The Morgan fingerprint density at radius 2 is 1.50 bits per heavy atom. The van der Waals surface area contributed by atoms with Crippen molar-refractivity contribution in [2.75, 3.05) is 0 Å². The minimum atomic E-state index is 0.194. The van der Waals surface area contributed by atoms with Crippen molar-refractivity contribution in [1.29, 1.82) is 0 Å². The van der Waals surface area contributed by atoms with Gasteiger partial charge >= 0.3 is 24.3 Å².